The van der Waals surface area contributed by atoms with Gasteiger partial charge in [0.15, 0.2) is 6.67 Å². The Bertz CT molecular complexity index is 725. The van der Waals surface area contributed by atoms with Crippen molar-refractivity contribution in [2.24, 2.45) is 0 Å². The number of hydrogen-bond acceptors (Lipinski definition) is 2. The third-order valence-corrected chi connectivity index (χ3v) is 3.90. The highest BCUT2D eigenvalue weighted by Gasteiger charge is 2.37. The first kappa shape index (κ1) is 14.5. The maximum Gasteiger partial charge on any atom is 0.303 e. The summed E-state index contributed by atoms with van der Waals surface area (Å²) >= 11 is 0. The van der Waals surface area contributed by atoms with E-state index in [1.165, 1.54) is 5.56 Å². The number of anilines is 1. The number of Topliss-reactive ketones (excluding diaryl/α,β-unsaturated/α-hetero) is 1. The summed E-state index contributed by atoms with van der Waals surface area (Å²) in [6, 6.07) is 15.7. The number of benzene rings is 2. The maximum absolute atomic E-state index is 12.2. The number of carbonyl (C=O) groups excluding carboxylic acids is 2. The lowest BCUT2D eigenvalue weighted by Crippen LogP contribution is -3.09. The summed E-state index contributed by atoms with van der Waals surface area (Å²) < 4.78 is 0. The molecule has 0 spiro atoms. The van der Waals surface area contributed by atoms with E-state index in [9.17, 15) is 9.59 Å². The molecule has 4 nitrogen and oxygen atoms in total. The fourth-order valence-corrected chi connectivity index (χ4v) is 2.84. The molecule has 0 aliphatic carbocycles. The molecular formula is C18H19N2O2+. The van der Waals surface area contributed by atoms with Crippen molar-refractivity contribution in [3.63, 3.8) is 0 Å². The van der Waals surface area contributed by atoms with Gasteiger partial charge in [0.1, 0.15) is 6.54 Å². The lowest BCUT2D eigenvalue weighted by atomic mass is 10.1. The van der Waals surface area contributed by atoms with E-state index < -0.39 is 11.7 Å². The Morgan fingerprint density at radius 1 is 1.05 bits per heavy atom. The van der Waals surface area contributed by atoms with Gasteiger partial charge < -0.3 is 4.90 Å². The molecule has 0 fully saturated rings. The van der Waals surface area contributed by atoms with Crippen LogP contribution >= 0.6 is 0 Å². The molecule has 4 heteroatoms. The van der Waals surface area contributed by atoms with E-state index in [1.807, 2.05) is 44.3 Å². The second kappa shape index (κ2) is 5.73. The van der Waals surface area contributed by atoms with Crippen LogP contribution in [-0.2, 0) is 11.3 Å². The van der Waals surface area contributed by atoms with Crippen molar-refractivity contribution in [2.45, 2.75) is 13.5 Å². The van der Waals surface area contributed by atoms with Gasteiger partial charge in [-0.2, -0.15) is 0 Å². The standard InChI is InChI=1S/C18H18N2O2/c1-13-8-9-16-15(10-13)17(21)18(22)20(16)12-19(2)11-14-6-4-3-5-7-14/h3-10H,11-12H2,1-2H3/p+1. The van der Waals surface area contributed by atoms with Crippen molar-refractivity contribution in [2.75, 3.05) is 18.6 Å². The Labute approximate surface area is 130 Å². The van der Waals surface area contributed by atoms with E-state index in [-0.39, 0.29) is 0 Å². The minimum absolute atomic E-state index is 0.397. The van der Waals surface area contributed by atoms with E-state index in [0.717, 1.165) is 22.7 Å². The van der Waals surface area contributed by atoms with Gasteiger partial charge in [0.2, 0.25) is 0 Å². The number of aryl methyl sites for hydroxylation is 1. The second-order valence-corrected chi connectivity index (χ2v) is 5.86. The molecule has 1 aliphatic heterocycles. The van der Waals surface area contributed by atoms with Gasteiger partial charge in [-0.05, 0) is 19.1 Å². The van der Waals surface area contributed by atoms with Crippen LogP contribution in [0.4, 0.5) is 5.69 Å². The first-order chi connectivity index (χ1) is 10.6. The molecule has 0 radical (unpaired) electrons. The first-order valence-corrected chi connectivity index (χ1v) is 7.38. The summed E-state index contributed by atoms with van der Waals surface area (Å²) in [5, 5.41) is 0. The summed E-state index contributed by atoms with van der Waals surface area (Å²) in [6.45, 7) is 3.21. The van der Waals surface area contributed by atoms with Gasteiger partial charge in [-0.25, -0.2) is 0 Å². The van der Waals surface area contributed by atoms with E-state index in [0.29, 0.717) is 12.2 Å². The lowest BCUT2D eigenvalue weighted by molar-refractivity contribution is -0.892. The van der Waals surface area contributed by atoms with Crippen LogP contribution in [0.3, 0.4) is 0 Å². The quantitative estimate of drug-likeness (QED) is 0.861. The average Bonchev–Trinajstić information content (AvgIpc) is 2.73. The second-order valence-electron chi connectivity index (χ2n) is 5.86. The Balaban J connectivity index is 1.78. The molecule has 1 aliphatic rings. The zero-order valence-corrected chi connectivity index (χ0v) is 12.8. The molecule has 112 valence electrons. The fraction of sp³-hybridized carbons (Fsp3) is 0.222. The topological polar surface area (TPSA) is 41.8 Å². The average molecular weight is 295 g/mol. The smallest absolute Gasteiger partial charge is 0.303 e. The van der Waals surface area contributed by atoms with Crippen molar-refractivity contribution >= 4 is 17.4 Å². The number of hydrogen-bond donors (Lipinski definition) is 1. The van der Waals surface area contributed by atoms with Crippen LogP contribution in [-0.4, -0.2) is 25.4 Å². The summed E-state index contributed by atoms with van der Waals surface area (Å²) in [5.41, 5.74) is 3.46. The lowest BCUT2D eigenvalue weighted by Gasteiger charge is -2.21. The highest BCUT2D eigenvalue weighted by Crippen LogP contribution is 2.28. The number of nitrogens with one attached hydrogen (secondary N) is 1. The monoisotopic (exact) mass is 295 g/mol. The van der Waals surface area contributed by atoms with Crippen LogP contribution in [0.2, 0.25) is 0 Å². The fourth-order valence-electron chi connectivity index (χ4n) is 2.84. The van der Waals surface area contributed by atoms with Crippen LogP contribution < -0.4 is 9.80 Å². The number of carbonyl (C=O) groups is 2. The minimum atomic E-state index is -0.423. The number of rotatable bonds is 4. The van der Waals surface area contributed by atoms with Crippen LogP contribution in [0.5, 0.6) is 0 Å². The summed E-state index contributed by atoms with van der Waals surface area (Å²) in [6.07, 6.45) is 0. The SMILES string of the molecule is Cc1ccc2c(c1)C(=O)C(=O)N2C[NH+](C)Cc1ccccc1. The number of amides is 1. The molecule has 1 amide bonds. The molecule has 0 saturated heterocycles. The molecular weight excluding hydrogens is 276 g/mol. The van der Waals surface area contributed by atoms with Crippen molar-refractivity contribution in [1.82, 2.24) is 0 Å². The normalized spacial score (nSPS) is 15.1. The Kier molecular flexibility index (Phi) is 3.77. The van der Waals surface area contributed by atoms with Crippen molar-refractivity contribution < 1.29 is 14.5 Å². The van der Waals surface area contributed by atoms with E-state index in [4.69, 9.17) is 0 Å². The summed E-state index contributed by atoms with van der Waals surface area (Å²) in [5.74, 6) is -0.820. The predicted octanol–water partition coefficient (Wildman–Crippen LogP) is 1.20. The number of ketones is 1. The largest absolute Gasteiger partial charge is 0.316 e. The molecule has 22 heavy (non-hydrogen) atoms. The molecule has 2 aromatic carbocycles. The van der Waals surface area contributed by atoms with Crippen molar-refractivity contribution in [3.05, 3.63) is 65.2 Å². The first-order valence-electron chi connectivity index (χ1n) is 7.38. The van der Waals surface area contributed by atoms with E-state index in [1.54, 1.807) is 11.0 Å². The molecule has 1 unspecified atom stereocenters. The highest BCUT2D eigenvalue weighted by molar-refractivity contribution is 6.52. The van der Waals surface area contributed by atoms with Crippen molar-refractivity contribution in [3.8, 4) is 0 Å². The van der Waals surface area contributed by atoms with Gasteiger partial charge in [-0.1, -0.05) is 42.0 Å². The van der Waals surface area contributed by atoms with Crippen LogP contribution in [0, 0.1) is 6.92 Å². The maximum atomic E-state index is 12.2. The Morgan fingerprint density at radius 2 is 1.77 bits per heavy atom. The van der Waals surface area contributed by atoms with Crippen molar-refractivity contribution in [1.29, 1.82) is 0 Å². The number of nitrogens with zero attached hydrogens (tertiary/aromatic N) is 1. The molecule has 1 N–H and O–H groups in total. The van der Waals surface area contributed by atoms with E-state index >= 15 is 0 Å². The van der Waals surface area contributed by atoms with Gasteiger partial charge in [-0.15, -0.1) is 0 Å². The predicted molar refractivity (Wildman–Crippen MR) is 84.9 cm³/mol. The number of quaternary nitrogens is 1. The van der Waals surface area contributed by atoms with Crippen LogP contribution in [0.15, 0.2) is 48.5 Å². The highest BCUT2D eigenvalue weighted by atomic mass is 16.2. The van der Waals surface area contributed by atoms with Gasteiger partial charge in [0, 0.05) is 5.56 Å². The van der Waals surface area contributed by atoms with Crippen LogP contribution in [0.25, 0.3) is 0 Å². The third kappa shape index (κ3) is 2.65. The molecule has 0 bridgehead atoms. The summed E-state index contributed by atoms with van der Waals surface area (Å²) in [4.78, 5) is 27.1. The Morgan fingerprint density at radius 3 is 2.50 bits per heavy atom. The molecule has 1 atom stereocenters. The minimum Gasteiger partial charge on any atom is -0.316 e. The molecule has 0 aromatic heterocycles. The third-order valence-electron chi connectivity index (χ3n) is 3.90. The van der Waals surface area contributed by atoms with E-state index in [2.05, 4.69) is 12.1 Å². The van der Waals surface area contributed by atoms with Gasteiger partial charge in [-0.3, -0.25) is 14.5 Å². The molecule has 3 rings (SSSR count). The Hall–Kier alpha value is -2.46. The van der Waals surface area contributed by atoms with Gasteiger partial charge in [0.05, 0.1) is 18.3 Å². The molecule has 0 saturated carbocycles. The zero-order chi connectivity index (χ0) is 15.7. The van der Waals surface area contributed by atoms with Crippen LogP contribution in [0.1, 0.15) is 21.5 Å². The molecule has 2 aromatic rings. The number of fused-ring (bicyclic) bond motifs is 1. The molecule has 1 heterocycles. The van der Waals surface area contributed by atoms with Gasteiger partial charge in [0.25, 0.3) is 5.78 Å². The van der Waals surface area contributed by atoms with Gasteiger partial charge >= 0.3 is 5.91 Å². The summed E-state index contributed by atoms with van der Waals surface area (Å²) in [7, 11) is 2.02. The zero-order valence-electron chi connectivity index (χ0n) is 12.8.